The fourth-order valence-electron chi connectivity index (χ4n) is 3.35. The molecule has 2 atom stereocenters. The van der Waals surface area contributed by atoms with Crippen molar-refractivity contribution in [2.45, 2.75) is 31.3 Å². The van der Waals surface area contributed by atoms with Crippen molar-refractivity contribution < 1.29 is 4.79 Å². The third-order valence-corrected chi connectivity index (χ3v) is 4.54. The van der Waals surface area contributed by atoms with Gasteiger partial charge in [0.25, 0.3) is 0 Å². The Bertz CT molecular complexity index is 612. The Balaban J connectivity index is 1.73. The summed E-state index contributed by atoms with van der Waals surface area (Å²) in [5.41, 5.74) is 8.21. The molecule has 1 heterocycles. The van der Waals surface area contributed by atoms with E-state index >= 15 is 0 Å². The van der Waals surface area contributed by atoms with Crippen molar-refractivity contribution in [1.82, 2.24) is 4.90 Å². The molecular formula is C19H22N2O. The predicted octanol–water partition coefficient (Wildman–Crippen LogP) is 2.92. The van der Waals surface area contributed by atoms with Gasteiger partial charge in [0.15, 0.2) is 0 Å². The number of piperidine rings is 1. The average molecular weight is 294 g/mol. The minimum Gasteiger partial charge on any atom is -0.368 e. The molecule has 3 nitrogen and oxygen atoms in total. The lowest BCUT2D eigenvalue weighted by Gasteiger charge is -2.38. The van der Waals surface area contributed by atoms with Gasteiger partial charge < -0.3 is 5.73 Å². The SMILES string of the molecule is NC(=O)C1CC(c2ccccc2)CCN1Cc1ccccc1. The van der Waals surface area contributed by atoms with Crippen LogP contribution in [0, 0.1) is 0 Å². The number of rotatable bonds is 4. The maximum absolute atomic E-state index is 11.9. The highest BCUT2D eigenvalue weighted by atomic mass is 16.1. The van der Waals surface area contributed by atoms with Gasteiger partial charge in [-0.1, -0.05) is 60.7 Å². The van der Waals surface area contributed by atoms with E-state index in [9.17, 15) is 4.79 Å². The lowest BCUT2D eigenvalue weighted by molar-refractivity contribution is -0.124. The number of benzene rings is 2. The molecule has 114 valence electrons. The molecule has 0 saturated carbocycles. The van der Waals surface area contributed by atoms with Gasteiger partial charge in [-0.15, -0.1) is 0 Å². The van der Waals surface area contributed by atoms with Gasteiger partial charge in [-0.05, 0) is 36.4 Å². The number of nitrogens with two attached hydrogens (primary N) is 1. The van der Waals surface area contributed by atoms with E-state index in [0.717, 1.165) is 25.9 Å². The number of carbonyl (C=O) groups excluding carboxylic acids is 1. The summed E-state index contributed by atoms with van der Waals surface area (Å²) in [7, 11) is 0. The summed E-state index contributed by atoms with van der Waals surface area (Å²) < 4.78 is 0. The molecule has 3 rings (SSSR count). The molecule has 1 fully saturated rings. The third kappa shape index (κ3) is 3.37. The van der Waals surface area contributed by atoms with Crippen molar-refractivity contribution in [3.63, 3.8) is 0 Å². The maximum Gasteiger partial charge on any atom is 0.234 e. The second-order valence-corrected chi connectivity index (χ2v) is 6.01. The van der Waals surface area contributed by atoms with Crippen LogP contribution in [0.1, 0.15) is 29.9 Å². The molecule has 0 spiro atoms. The zero-order valence-electron chi connectivity index (χ0n) is 12.7. The summed E-state index contributed by atoms with van der Waals surface area (Å²) in [6.45, 7) is 1.69. The average Bonchev–Trinajstić information content (AvgIpc) is 2.57. The number of hydrogen-bond acceptors (Lipinski definition) is 2. The second kappa shape index (κ2) is 6.75. The van der Waals surface area contributed by atoms with E-state index in [4.69, 9.17) is 5.73 Å². The van der Waals surface area contributed by atoms with Crippen molar-refractivity contribution in [1.29, 1.82) is 0 Å². The summed E-state index contributed by atoms with van der Waals surface area (Å²) in [6, 6.07) is 20.5. The van der Waals surface area contributed by atoms with Crippen molar-refractivity contribution >= 4 is 5.91 Å². The van der Waals surface area contributed by atoms with Crippen LogP contribution in [-0.4, -0.2) is 23.4 Å². The number of carbonyl (C=O) groups is 1. The first-order valence-electron chi connectivity index (χ1n) is 7.86. The van der Waals surface area contributed by atoms with Crippen LogP contribution in [0.5, 0.6) is 0 Å². The Morgan fingerprint density at radius 3 is 2.32 bits per heavy atom. The lowest BCUT2D eigenvalue weighted by atomic mass is 9.85. The molecule has 2 N–H and O–H groups in total. The molecule has 1 aliphatic rings. The van der Waals surface area contributed by atoms with Crippen LogP contribution >= 0.6 is 0 Å². The fraction of sp³-hybridized carbons (Fsp3) is 0.316. The predicted molar refractivity (Wildman–Crippen MR) is 88.3 cm³/mol. The number of hydrogen-bond donors (Lipinski definition) is 1. The first-order chi connectivity index (χ1) is 10.7. The molecule has 0 radical (unpaired) electrons. The van der Waals surface area contributed by atoms with Gasteiger partial charge in [-0.25, -0.2) is 0 Å². The first-order valence-corrected chi connectivity index (χ1v) is 7.86. The van der Waals surface area contributed by atoms with Crippen LogP contribution in [0.4, 0.5) is 0 Å². The molecule has 1 amide bonds. The van der Waals surface area contributed by atoms with Gasteiger partial charge >= 0.3 is 0 Å². The Labute approximate surface area is 131 Å². The van der Waals surface area contributed by atoms with E-state index < -0.39 is 0 Å². The van der Waals surface area contributed by atoms with E-state index in [-0.39, 0.29) is 11.9 Å². The van der Waals surface area contributed by atoms with E-state index in [2.05, 4.69) is 41.3 Å². The van der Waals surface area contributed by atoms with Crippen LogP contribution in [-0.2, 0) is 11.3 Å². The third-order valence-electron chi connectivity index (χ3n) is 4.54. The highest BCUT2D eigenvalue weighted by molar-refractivity contribution is 5.80. The molecule has 2 aromatic carbocycles. The molecule has 1 aliphatic heterocycles. The molecule has 0 aliphatic carbocycles. The van der Waals surface area contributed by atoms with Crippen molar-refractivity contribution in [3.05, 3.63) is 71.8 Å². The standard InChI is InChI=1S/C19H22N2O/c20-19(22)18-13-17(16-9-5-2-6-10-16)11-12-21(18)14-15-7-3-1-4-8-15/h1-10,17-18H,11-14H2,(H2,20,22). The summed E-state index contributed by atoms with van der Waals surface area (Å²) >= 11 is 0. The van der Waals surface area contributed by atoms with E-state index in [1.54, 1.807) is 0 Å². The zero-order chi connectivity index (χ0) is 15.4. The van der Waals surface area contributed by atoms with E-state index in [1.807, 2.05) is 24.3 Å². The number of nitrogens with zero attached hydrogens (tertiary/aromatic N) is 1. The van der Waals surface area contributed by atoms with Crippen molar-refractivity contribution in [2.75, 3.05) is 6.54 Å². The molecule has 0 aromatic heterocycles. The molecule has 1 saturated heterocycles. The van der Waals surface area contributed by atoms with Gasteiger partial charge in [-0.3, -0.25) is 9.69 Å². The van der Waals surface area contributed by atoms with Gasteiger partial charge in [0.1, 0.15) is 0 Å². The molecular weight excluding hydrogens is 272 g/mol. The Morgan fingerprint density at radius 2 is 1.68 bits per heavy atom. The van der Waals surface area contributed by atoms with Crippen LogP contribution in [0.15, 0.2) is 60.7 Å². The normalized spacial score (nSPS) is 22.4. The zero-order valence-corrected chi connectivity index (χ0v) is 12.7. The Hall–Kier alpha value is -2.13. The van der Waals surface area contributed by atoms with Crippen molar-refractivity contribution in [2.24, 2.45) is 5.73 Å². The Kier molecular flexibility index (Phi) is 4.54. The molecule has 2 unspecified atom stereocenters. The van der Waals surface area contributed by atoms with E-state index in [1.165, 1.54) is 11.1 Å². The smallest absolute Gasteiger partial charge is 0.234 e. The molecule has 22 heavy (non-hydrogen) atoms. The van der Waals surface area contributed by atoms with Crippen LogP contribution in [0.3, 0.4) is 0 Å². The summed E-state index contributed by atoms with van der Waals surface area (Å²) in [6.07, 6.45) is 1.88. The topological polar surface area (TPSA) is 46.3 Å². The lowest BCUT2D eigenvalue weighted by Crippen LogP contribution is -2.48. The highest BCUT2D eigenvalue weighted by Gasteiger charge is 2.32. The quantitative estimate of drug-likeness (QED) is 0.942. The maximum atomic E-state index is 11.9. The minimum absolute atomic E-state index is 0.181. The highest BCUT2D eigenvalue weighted by Crippen LogP contribution is 2.32. The summed E-state index contributed by atoms with van der Waals surface area (Å²) in [5.74, 6) is 0.210. The second-order valence-electron chi connectivity index (χ2n) is 6.01. The first kappa shape index (κ1) is 14.8. The van der Waals surface area contributed by atoms with Crippen LogP contribution in [0.2, 0.25) is 0 Å². The van der Waals surface area contributed by atoms with Crippen LogP contribution < -0.4 is 5.73 Å². The molecule has 3 heteroatoms. The van der Waals surface area contributed by atoms with Gasteiger partial charge in [0.05, 0.1) is 6.04 Å². The Morgan fingerprint density at radius 1 is 1.05 bits per heavy atom. The number of primary amides is 1. The fourth-order valence-corrected chi connectivity index (χ4v) is 3.35. The monoisotopic (exact) mass is 294 g/mol. The van der Waals surface area contributed by atoms with E-state index in [0.29, 0.717) is 5.92 Å². The van der Waals surface area contributed by atoms with Gasteiger partial charge in [-0.2, -0.15) is 0 Å². The van der Waals surface area contributed by atoms with Gasteiger partial charge in [0.2, 0.25) is 5.91 Å². The van der Waals surface area contributed by atoms with Crippen LogP contribution in [0.25, 0.3) is 0 Å². The number of likely N-dealkylation sites (tertiary alicyclic amines) is 1. The summed E-state index contributed by atoms with van der Waals surface area (Å²) in [5, 5.41) is 0. The largest absolute Gasteiger partial charge is 0.368 e. The van der Waals surface area contributed by atoms with Crippen molar-refractivity contribution in [3.8, 4) is 0 Å². The molecule has 0 bridgehead atoms. The minimum atomic E-state index is -0.212. The molecule has 2 aromatic rings. The van der Waals surface area contributed by atoms with Gasteiger partial charge in [0, 0.05) is 6.54 Å². The summed E-state index contributed by atoms with van der Waals surface area (Å²) in [4.78, 5) is 14.1. The number of amides is 1.